The van der Waals surface area contributed by atoms with E-state index in [1.807, 2.05) is 73.7 Å². The van der Waals surface area contributed by atoms with Gasteiger partial charge in [0.25, 0.3) is 11.9 Å². The van der Waals surface area contributed by atoms with E-state index in [1.54, 1.807) is 7.11 Å². The molecule has 0 aromatic heterocycles. The van der Waals surface area contributed by atoms with Gasteiger partial charge < -0.3 is 14.8 Å². The van der Waals surface area contributed by atoms with Crippen molar-refractivity contribution in [3.63, 3.8) is 0 Å². The fourth-order valence-electron chi connectivity index (χ4n) is 6.63. The highest BCUT2D eigenvalue weighted by Gasteiger charge is 2.73. The Balaban J connectivity index is 1.39. The van der Waals surface area contributed by atoms with Crippen LogP contribution in [0.25, 0.3) is 0 Å². The van der Waals surface area contributed by atoms with Crippen LogP contribution < -0.4 is 14.8 Å². The Morgan fingerprint density at radius 2 is 1.89 bits per heavy atom. The van der Waals surface area contributed by atoms with Crippen LogP contribution in [0.2, 0.25) is 0 Å². The predicted molar refractivity (Wildman–Crippen MR) is 139 cm³/mol. The molecule has 3 aromatic rings. The van der Waals surface area contributed by atoms with Crippen molar-refractivity contribution in [2.45, 2.75) is 49.9 Å². The smallest absolute Gasteiger partial charge is 0.256 e. The molecule has 0 unspecified atom stereocenters. The molecule has 6 rings (SSSR count). The van der Waals surface area contributed by atoms with E-state index >= 15 is 0 Å². The molecule has 2 saturated heterocycles. The van der Waals surface area contributed by atoms with Crippen LogP contribution in [0.1, 0.15) is 41.0 Å². The molecule has 3 aliphatic heterocycles. The molecule has 3 aliphatic rings. The molecule has 0 radical (unpaired) electrons. The van der Waals surface area contributed by atoms with Crippen LogP contribution in [-0.4, -0.2) is 41.5 Å². The quantitative estimate of drug-likeness (QED) is 0.392. The Morgan fingerprint density at radius 3 is 2.65 bits per heavy atom. The number of aryl methyl sites for hydroxylation is 1. The summed E-state index contributed by atoms with van der Waals surface area (Å²) in [5.74, 6) is 0.308. The lowest BCUT2D eigenvalue weighted by Crippen LogP contribution is -2.55. The fraction of sp³-hybridized carbons (Fsp3) is 0.345. The number of nitrogens with one attached hydrogen (secondary N) is 1. The summed E-state index contributed by atoms with van der Waals surface area (Å²) in [4.78, 5) is 28.2. The van der Waals surface area contributed by atoms with Gasteiger partial charge in [0, 0.05) is 28.8 Å². The zero-order valence-electron chi connectivity index (χ0n) is 20.8. The van der Waals surface area contributed by atoms with Gasteiger partial charge in [0.2, 0.25) is 0 Å². The minimum absolute atomic E-state index is 0.128. The number of anilines is 1. The second-order valence-electron chi connectivity index (χ2n) is 10.1. The first-order valence-corrected chi connectivity index (χ1v) is 12.6. The number of hydrogen-bond acceptors (Lipinski definition) is 6. The summed E-state index contributed by atoms with van der Waals surface area (Å²) in [6.45, 7) is 3.06. The Bertz CT molecular complexity index is 1370. The number of amides is 1. The van der Waals surface area contributed by atoms with Crippen LogP contribution in [0.15, 0.2) is 66.7 Å². The number of benzene rings is 3. The number of rotatable bonds is 6. The zero-order valence-corrected chi connectivity index (χ0v) is 20.8. The van der Waals surface area contributed by atoms with Crippen LogP contribution in [0.3, 0.4) is 0 Å². The van der Waals surface area contributed by atoms with Gasteiger partial charge in [-0.1, -0.05) is 54.1 Å². The molecule has 0 bridgehead atoms. The highest BCUT2D eigenvalue weighted by molar-refractivity contribution is 6.07. The molecule has 37 heavy (non-hydrogen) atoms. The van der Waals surface area contributed by atoms with E-state index in [0.29, 0.717) is 35.9 Å². The average molecular weight is 500 g/mol. The SMILES string of the molecule is COc1cc([C@H]2[C@H]([N+](=O)[O-])[C@]3(C(=O)Nc4ccccc43)N3CCC[C@@H]23)ccc1OCc1ccc(C)cc1. The van der Waals surface area contributed by atoms with Crippen LogP contribution in [0.4, 0.5) is 5.69 Å². The summed E-state index contributed by atoms with van der Waals surface area (Å²) in [7, 11) is 1.57. The Labute approximate surface area is 215 Å². The number of methoxy groups -OCH3 is 1. The summed E-state index contributed by atoms with van der Waals surface area (Å²) in [5, 5.41) is 15.7. The minimum atomic E-state index is -1.33. The maximum atomic E-state index is 13.6. The maximum Gasteiger partial charge on any atom is 0.256 e. The van der Waals surface area contributed by atoms with E-state index in [2.05, 4.69) is 10.2 Å². The van der Waals surface area contributed by atoms with Crippen molar-refractivity contribution < 1.29 is 19.2 Å². The summed E-state index contributed by atoms with van der Waals surface area (Å²) >= 11 is 0. The van der Waals surface area contributed by atoms with Gasteiger partial charge in [0.1, 0.15) is 6.61 Å². The first kappa shape index (κ1) is 23.5. The molecule has 2 fully saturated rings. The number of carbonyl (C=O) groups excluding carboxylic acids is 1. The molecule has 8 heteroatoms. The van der Waals surface area contributed by atoms with Gasteiger partial charge in [0.05, 0.1) is 13.0 Å². The van der Waals surface area contributed by atoms with Gasteiger partial charge in [0.15, 0.2) is 17.0 Å². The first-order chi connectivity index (χ1) is 17.9. The average Bonchev–Trinajstić information content (AvgIpc) is 3.56. The molecule has 0 aliphatic carbocycles. The summed E-state index contributed by atoms with van der Waals surface area (Å²) in [6.07, 6.45) is 1.68. The Kier molecular flexibility index (Phi) is 5.64. The number of nitro groups is 1. The van der Waals surface area contributed by atoms with Crippen LogP contribution in [0, 0.1) is 17.0 Å². The number of nitrogens with zero attached hydrogens (tertiary/aromatic N) is 2. The molecular weight excluding hydrogens is 470 g/mol. The van der Waals surface area contributed by atoms with E-state index in [1.165, 1.54) is 5.56 Å². The van der Waals surface area contributed by atoms with Gasteiger partial charge >= 0.3 is 0 Å². The minimum Gasteiger partial charge on any atom is -0.493 e. The Morgan fingerprint density at radius 1 is 1.11 bits per heavy atom. The number of hydrogen-bond donors (Lipinski definition) is 1. The van der Waals surface area contributed by atoms with Crippen LogP contribution >= 0.6 is 0 Å². The monoisotopic (exact) mass is 499 g/mol. The molecule has 8 nitrogen and oxygen atoms in total. The van der Waals surface area contributed by atoms with Gasteiger partial charge in [-0.05, 0) is 49.1 Å². The van der Waals surface area contributed by atoms with E-state index in [0.717, 1.165) is 24.0 Å². The molecule has 1 amide bonds. The van der Waals surface area contributed by atoms with Gasteiger partial charge in [-0.15, -0.1) is 0 Å². The van der Waals surface area contributed by atoms with Crippen molar-refractivity contribution in [1.82, 2.24) is 4.90 Å². The zero-order chi connectivity index (χ0) is 25.7. The van der Waals surface area contributed by atoms with Gasteiger partial charge in [-0.3, -0.25) is 19.8 Å². The lowest BCUT2D eigenvalue weighted by molar-refractivity contribution is -0.534. The molecule has 190 valence electrons. The molecule has 1 N–H and O–H groups in total. The molecule has 0 saturated carbocycles. The largest absolute Gasteiger partial charge is 0.493 e. The summed E-state index contributed by atoms with van der Waals surface area (Å²) in [5.41, 5.74) is 3.02. The summed E-state index contributed by atoms with van der Waals surface area (Å²) < 4.78 is 11.7. The second kappa shape index (κ2) is 8.88. The standard InChI is InChI=1S/C29H29N3O5/c1-18-9-11-19(12-10-18)17-37-24-14-13-20(16-25(24)36-2)26-23-8-5-15-31(23)29(27(26)32(34)35)21-6-3-4-7-22(21)30-28(29)33/h3-4,6-7,9-14,16,23,26-27H,5,8,15,17H2,1-2H3,(H,30,33)/t23-,26+,27-,29+/m0/s1. The van der Waals surface area contributed by atoms with E-state index in [-0.39, 0.29) is 16.9 Å². The normalized spacial score (nSPS) is 26.1. The van der Waals surface area contributed by atoms with Crippen molar-refractivity contribution in [2.75, 3.05) is 19.0 Å². The first-order valence-electron chi connectivity index (χ1n) is 12.6. The van der Waals surface area contributed by atoms with Crippen LogP contribution in [-0.2, 0) is 16.9 Å². The third-order valence-corrected chi connectivity index (χ3v) is 8.18. The third-order valence-electron chi connectivity index (χ3n) is 8.18. The summed E-state index contributed by atoms with van der Waals surface area (Å²) in [6, 6.07) is 19.8. The van der Waals surface area contributed by atoms with Gasteiger partial charge in [-0.25, -0.2) is 0 Å². The lowest BCUT2D eigenvalue weighted by Gasteiger charge is -2.32. The van der Waals surface area contributed by atoms with Crippen molar-refractivity contribution in [1.29, 1.82) is 0 Å². The molecule has 4 atom stereocenters. The molecule has 3 heterocycles. The fourth-order valence-corrected chi connectivity index (χ4v) is 6.63. The highest BCUT2D eigenvalue weighted by Crippen LogP contribution is 2.58. The van der Waals surface area contributed by atoms with Crippen molar-refractivity contribution in [3.8, 4) is 11.5 Å². The van der Waals surface area contributed by atoms with E-state index in [4.69, 9.17) is 9.47 Å². The molecular formula is C29H29N3O5. The second-order valence-corrected chi connectivity index (χ2v) is 10.1. The lowest BCUT2D eigenvalue weighted by atomic mass is 9.77. The topological polar surface area (TPSA) is 93.9 Å². The molecule has 3 aromatic carbocycles. The van der Waals surface area contributed by atoms with Crippen LogP contribution in [0.5, 0.6) is 11.5 Å². The molecule has 1 spiro atoms. The van der Waals surface area contributed by atoms with E-state index in [9.17, 15) is 14.9 Å². The highest BCUT2D eigenvalue weighted by atomic mass is 16.6. The van der Waals surface area contributed by atoms with Crippen molar-refractivity contribution >= 4 is 11.6 Å². The maximum absolute atomic E-state index is 13.6. The van der Waals surface area contributed by atoms with Crippen molar-refractivity contribution in [3.05, 3.63) is 99.1 Å². The predicted octanol–water partition coefficient (Wildman–Crippen LogP) is 4.64. The number of fused-ring (bicyclic) bond motifs is 4. The number of carbonyl (C=O) groups is 1. The number of ether oxygens (including phenoxy) is 2. The van der Waals surface area contributed by atoms with Crippen molar-refractivity contribution in [2.24, 2.45) is 0 Å². The number of para-hydroxylation sites is 1. The van der Waals surface area contributed by atoms with Gasteiger partial charge in [-0.2, -0.15) is 0 Å². The van der Waals surface area contributed by atoms with E-state index < -0.39 is 17.5 Å². The third kappa shape index (κ3) is 3.50. The Hall–Kier alpha value is -3.91.